The molecular weight excluding hydrogens is 412 g/mol. The van der Waals surface area contributed by atoms with E-state index in [2.05, 4.69) is 0 Å². The molecule has 1 saturated heterocycles. The number of aliphatic hydroxyl groups is 4. The molecule has 0 amide bonds. The molecule has 0 spiro atoms. The highest BCUT2D eigenvalue weighted by atomic mass is 16.5. The van der Waals surface area contributed by atoms with Crippen LogP contribution in [0, 0.1) is 0 Å². The van der Waals surface area contributed by atoms with E-state index < -0.39 is 59.6 Å². The molecule has 1 aliphatic heterocycles. The second-order valence-electron chi connectivity index (χ2n) is 7.30. The number of phenols is 3. The van der Waals surface area contributed by atoms with Crippen LogP contribution in [0.15, 0.2) is 45.6 Å². The van der Waals surface area contributed by atoms with E-state index in [-0.39, 0.29) is 22.5 Å². The lowest BCUT2D eigenvalue weighted by atomic mass is 9.89. The Bertz CT molecular complexity index is 1170. The number of rotatable bonds is 3. The van der Waals surface area contributed by atoms with Crippen LogP contribution in [0.2, 0.25) is 0 Å². The number of aliphatic hydroxyl groups excluding tert-OH is 4. The average molecular weight is 432 g/mol. The SMILES string of the molecule is O=c1cc(-c2ccc(O)cc2)oc2cc(O)c([C@@H]3OC(CO)[C@@H](O)[C@H](O)C3O)c(O)c12. The summed E-state index contributed by atoms with van der Waals surface area (Å²) < 4.78 is 11.0. The second-order valence-corrected chi connectivity index (χ2v) is 7.30. The molecule has 0 bridgehead atoms. The monoisotopic (exact) mass is 432 g/mol. The normalized spacial score (nSPS) is 26.3. The van der Waals surface area contributed by atoms with Gasteiger partial charge in [0.15, 0.2) is 5.43 Å². The van der Waals surface area contributed by atoms with Crippen molar-refractivity contribution in [1.29, 1.82) is 0 Å². The highest BCUT2D eigenvalue weighted by Gasteiger charge is 2.46. The lowest BCUT2D eigenvalue weighted by Crippen LogP contribution is -2.55. The molecule has 7 N–H and O–H groups in total. The number of ether oxygens (including phenoxy) is 1. The maximum atomic E-state index is 12.7. The van der Waals surface area contributed by atoms with Crippen molar-refractivity contribution in [1.82, 2.24) is 0 Å². The van der Waals surface area contributed by atoms with Gasteiger partial charge in [-0.2, -0.15) is 0 Å². The van der Waals surface area contributed by atoms with Gasteiger partial charge in [0, 0.05) is 17.7 Å². The van der Waals surface area contributed by atoms with Crippen molar-refractivity contribution in [3.63, 3.8) is 0 Å². The Hall–Kier alpha value is -3.15. The van der Waals surface area contributed by atoms with Crippen LogP contribution in [0.5, 0.6) is 17.2 Å². The molecule has 1 fully saturated rings. The summed E-state index contributed by atoms with van der Waals surface area (Å²) in [4.78, 5) is 12.7. The van der Waals surface area contributed by atoms with Gasteiger partial charge in [-0.15, -0.1) is 0 Å². The first-order valence-electron chi connectivity index (χ1n) is 9.35. The first-order valence-corrected chi connectivity index (χ1v) is 9.35. The van der Waals surface area contributed by atoms with E-state index in [0.717, 1.165) is 12.1 Å². The number of benzene rings is 2. The van der Waals surface area contributed by atoms with Crippen molar-refractivity contribution in [3.8, 4) is 28.6 Å². The molecule has 2 heterocycles. The summed E-state index contributed by atoms with van der Waals surface area (Å²) in [5.74, 6) is -1.19. The Morgan fingerprint density at radius 3 is 2.23 bits per heavy atom. The van der Waals surface area contributed by atoms with Gasteiger partial charge in [0.1, 0.15) is 64.5 Å². The van der Waals surface area contributed by atoms with Crippen molar-refractivity contribution in [3.05, 3.63) is 52.2 Å². The number of fused-ring (bicyclic) bond motifs is 1. The highest BCUT2D eigenvalue weighted by Crippen LogP contribution is 2.44. The first-order chi connectivity index (χ1) is 14.7. The molecular formula is C21H20O10. The maximum absolute atomic E-state index is 12.7. The van der Waals surface area contributed by atoms with Crippen LogP contribution in [0.4, 0.5) is 0 Å². The summed E-state index contributed by atoms with van der Waals surface area (Å²) in [6.45, 7) is -0.700. The molecule has 3 aromatic rings. The van der Waals surface area contributed by atoms with Gasteiger partial charge in [0.2, 0.25) is 0 Å². The van der Waals surface area contributed by atoms with E-state index in [1.165, 1.54) is 24.3 Å². The van der Waals surface area contributed by atoms with Crippen LogP contribution in [0.25, 0.3) is 22.3 Å². The van der Waals surface area contributed by atoms with Crippen LogP contribution in [-0.2, 0) is 4.74 Å². The van der Waals surface area contributed by atoms with Crippen LogP contribution in [0.3, 0.4) is 0 Å². The Kier molecular flexibility index (Phi) is 5.33. The first kappa shape index (κ1) is 21.1. The van der Waals surface area contributed by atoms with Gasteiger partial charge in [-0.25, -0.2) is 0 Å². The summed E-state index contributed by atoms with van der Waals surface area (Å²) in [7, 11) is 0. The predicted molar refractivity (Wildman–Crippen MR) is 106 cm³/mol. The largest absolute Gasteiger partial charge is 0.508 e. The molecule has 10 heteroatoms. The van der Waals surface area contributed by atoms with Crippen molar-refractivity contribution in [2.24, 2.45) is 0 Å². The van der Waals surface area contributed by atoms with Crippen molar-refractivity contribution in [2.45, 2.75) is 30.5 Å². The van der Waals surface area contributed by atoms with E-state index in [4.69, 9.17) is 9.15 Å². The van der Waals surface area contributed by atoms with E-state index in [9.17, 15) is 40.5 Å². The third-order valence-electron chi connectivity index (χ3n) is 5.34. The summed E-state index contributed by atoms with van der Waals surface area (Å²) in [6, 6.07) is 8.00. The summed E-state index contributed by atoms with van der Waals surface area (Å²) in [5.41, 5.74) is -0.741. The van der Waals surface area contributed by atoms with E-state index in [1.54, 1.807) is 0 Å². The Morgan fingerprint density at radius 2 is 1.58 bits per heavy atom. The van der Waals surface area contributed by atoms with Crippen molar-refractivity contribution < 1.29 is 44.9 Å². The van der Waals surface area contributed by atoms with E-state index >= 15 is 0 Å². The van der Waals surface area contributed by atoms with Crippen LogP contribution < -0.4 is 5.43 Å². The number of hydrogen-bond acceptors (Lipinski definition) is 10. The zero-order valence-corrected chi connectivity index (χ0v) is 15.9. The molecule has 1 aromatic heterocycles. The standard InChI is InChI=1S/C21H20O10/c22-7-14-17(26)19(28)20(29)21(31-14)16-11(25)6-13-15(18(16)27)10(24)5-12(30-13)8-1-3-9(23)4-2-8/h1-6,14,17,19-23,25-29H,7H2/t14?,17-,19+,20?,21+/m1/s1. The van der Waals surface area contributed by atoms with Gasteiger partial charge >= 0.3 is 0 Å². The topological polar surface area (TPSA) is 181 Å². The van der Waals surface area contributed by atoms with E-state index in [1.807, 2.05) is 0 Å². The second kappa shape index (κ2) is 7.84. The molecule has 1 aliphatic rings. The Balaban J connectivity index is 1.85. The molecule has 31 heavy (non-hydrogen) atoms. The minimum Gasteiger partial charge on any atom is -0.508 e. The third-order valence-corrected chi connectivity index (χ3v) is 5.34. The molecule has 5 atom stereocenters. The zero-order valence-electron chi connectivity index (χ0n) is 15.9. The number of hydrogen-bond donors (Lipinski definition) is 7. The quantitative estimate of drug-likeness (QED) is 0.300. The predicted octanol–water partition coefficient (Wildman–Crippen LogP) is 0.0917. The lowest BCUT2D eigenvalue weighted by Gasteiger charge is -2.40. The molecule has 2 aromatic carbocycles. The zero-order chi connectivity index (χ0) is 22.4. The summed E-state index contributed by atoms with van der Waals surface area (Å²) in [5, 5.41) is 70.0. The van der Waals surface area contributed by atoms with Gasteiger partial charge in [-0.3, -0.25) is 4.79 Å². The minimum atomic E-state index is -1.77. The Morgan fingerprint density at radius 1 is 0.903 bits per heavy atom. The fourth-order valence-corrected chi connectivity index (χ4v) is 3.69. The minimum absolute atomic E-state index is 0.0198. The Labute approximate surface area is 174 Å². The average Bonchev–Trinajstić information content (AvgIpc) is 2.73. The number of phenolic OH excluding ortho intramolecular Hbond substituents is 3. The van der Waals surface area contributed by atoms with Gasteiger partial charge < -0.3 is 44.9 Å². The van der Waals surface area contributed by atoms with Crippen LogP contribution in [0.1, 0.15) is 11.7 Å². The smallest absolute Gasteiger partial charge is 0.197 e. The van der Waals surface area contributed by atoms with Gasteiger partial charge in [-0.05, 0) is 24.3 Å². The van der Waals surface area contributed by atoms with E-state index in [0.29, 0.717) is 5.56 Å². The molecule has 10 nitrogen and oxygen atoms in total. The maximum Gasteiger partial charge on any atom is 0.197 e. The summed E-state index contributed by atoms with van der Waals surface area (Å²) >= 11 is 0. The van der Waals surface area contributed by atoms with Crippen LogP contribution in [-0.4, -0.2) is 66.8 Å². The molecule has 2 unspecified atom stereocenters. The lowest BCUT2D eigenvalue weighted by molar-refractivity contribution is -0.232. The third kappa shape index (κ3) is 3.50. The van der Waals surface area contributed by atoms with Gasteiger partial charge in [0.05, 0.1) is 12.2 Å². The molecule has 164 valence electrons. The molecule has 0 saturated carbocycles. The molecule has 0 aliphatic carbocycles. The summed E-state index contributed by atoms with van der Waals surface area (Å²) in [6.07, 6.45) is -7.95. The highest BCUT2D eigenvalue weighted by molar-refractivity contribution is 5.88. The van der Waals surface area contributed by atoms with Crippen LogP contribution >= 0.6 is 0 Å². The fraction of sp³-hybridized carbons (Fsp3) is 0.286. The molecule has 0 radical (unpaired) electrons. The van der Waals surface area contributed by atoms with Gasteiger partial charge in [0.25, 0.3) is 0 Å². The molecule has 4 rings (SSSR count). The van der Waals surface area contributed by atoms with Crippen molar-refractivity contribution in [2.75, 3.05) is 6.61 Å². The fourth-order valence-electron chi connectivity index (χ4n) is 3.69. The number of aromatic hydroxyl groups is 3. The van der Waals surface area contributed by atoms with Gasteiger partial charge in [-0.1, -0.05) is 0 Å². The van der Waals surface area contributed by atoms with Crippen molar-refractivity contribution >= 4 is 11.0 Å².